The van der Waals surface area contributed by atoms with E-state index in [0.29, 0.717) is 30.9 Å². The first-order valence-corrected chi connectivity index (χ1v) is 13.3. The monoisotopic (exact) mass is 513 g/mol. The fraction of sp³-hybridized carbons (Fsp3) is 0.567. The van der Waals surface area contributed by atoms with Crippen molar-refractivity contribution in [3.63, 3.8) is 0 Å². The summed E-state index contributed by atoms with van der Waals surface area (Å²) in [6.45, 7) is 2.11. The molecule has 3 aliphatic rings. The Balaban J connectivity index is 1.28. The molecule has 3 aliphatic carbocycles. The minimum absolute atomic E-state index is 0.112. The number of amides is 1. The second kappa shape index (κ2) is 9.80. The van der Waals surface area contributed by atoms with Gasteiger partial charge in [-0.3, -0.25) is 4.79 Å². The van der Waals surface area contributed by atoms with Crippen molar-refractivity contribution in [1.82, 2.24) is 5.32 Å². The van der Waals surface area contributed by atoms with Crippen molar-refractivity contribution in [1.29, 1.82) is 0 Å². The molecule has 5 atom stereocenters. The molecule has 1 amide bonds. The van der Waals surface area contributed by atoms with Crippen molar-refractivity contribution in [3.8, 4) is 17.2 Å². The SMILES string of the molecule is COc1cc(CNC(=O)CC[C@@H]2CC(F)(F)[C@@]3(C)CC[C@@H]4c5ccc(O)cc5CC[C@H]4[C@H]23)cc(OC)c1. The third kappa shape index (κ3) is 4.66. The summed E-state index contributed by atoms with van der Waals surface area (Å²) in [5.74, 6) is -1.17. The molecule has 0 bridgehead atoms. The lowest BCUT2D eigenvalue weighted by atomic mass is 9.53. The van der Waals surface area contributed by atoms with E-state index in [4.69, 9.17) is 9.47 Å². The number of hydrogen-bond acceptors (Lipinski definition) is 4. The van der Waals surface area contributed by atoms with Gasteiger partial charge in [0.05, 0.1) is 14.2 Å². The maximum Gasteiger partial charge on any atom is 0.253 e. The molecular weight excluding hydrogens is 476 g/mol. The van der Waals surface area contributed by atoms with Crippen LogP contribution in [-0.4, -0.2) is 31.2 Å². The number of rotatable bonds is 7. The van der Waals surface area contributed by atoms with Crippen molar-refractivity contribution in [2.75, 3.05) is 14.2 Å². The molecule has 2 fully saturated rings. The topological polar surface area (TPSA) is 67.8 Å². The predicted molar refractivity (Wildman–Crippen MR) is 137 cm³/mol. The number of nitrogens with one attached hydrogen (secondary N) is 1. The van der Waals surface area contributed by atoms with Crippen molar-refractivity contribution in [2.24, 2.45) is 23.2 Å². The number of halogens is 2. The van der Waals surface area contributed by atoms with E-state index in [0.717, 1.165) is 30.4 Å². The van der Waals surface area contributed by atoms with Gasteiger partial charge < -0.3 is 19.9 Å². The number of carbonyl (C=O) groups is 1. The molecular formula is C30H37F2NO4. The van der Waals surface area contributed by atoms with Gasteiger partial charge in [0.1, 0.15) is 17.2 Å². The second-order valence-electron chi connectivity index (χ2n) is 11.4. The number of aromatic hydroxyl groups is 1. The summed E-state index contributed by atoms with van der Waals surface area (Å²) in [6.07, 6.45) is 3.47. The van der Waals surface area contributed by atoms with Crippen molar-refractivity contribution < 1.29 is 28.2 Å². The third-order valence-corrected chi connectivity index (χ3v) is 9.47. The van der Waals surface area contributed by atoms with Crippen LogP contribution in [0.5, 0.6) is 17.2 Å². The Morgan fingerprint density at radius 2 is 1.84 bits per heavy atom. The van der Waals surface area contributed by atoms with Crippen LogP contribution in [0.3, 0.4) is 0 Å². The van der Waals surface area contributed by atoms with Gasteiger partial charge in [-0.05, 0) is 96.7 Å². The highest BCUT2D eigenvalue weighted by Crippen LogP contribution is 2.68. The van der Waals surface area contributed by atoms with Crippen LogP contribution in [0.2, 0.25) is 0 Å². The molecule has 0 unspecified atom stereocenters. The van der Waals surface area contributed by atoms with E-state index >= 15 is 8.78 Å². The zero-order valence-corrected chi connectivity index (χ0v) is 21.9. The summed E-state index contributed by atoms with van der Waals surface area (Å²) < 4.78 is 41.6. The molecule has 2 saturated carbocycles. The minimum Gasteiger partial charge on any atom is -0.508 e. The lowest BCUT2D eigenvalue weighted by Gasteiger charge is -2.51. The molecule has 0 spiro atoms. The Morgan fingerprint density at radius 1 is 1.11 bits per heavy atom. The number of hydrogen-bond donors (Lipinski definition) is 2. The lowest BCUT2D eigenvalue weighted by molar-refractivity contribution is -0.133. The summed E-state index contributed by atoms with van der Waals surface area (Å²) >= 11 is 0. The van der Waals surface area contributed by atoms with Crippen molar-refractivity contribution >= 4 is 5.91 Å². The van der Waals surface area contributed by atoms with Gasteiger partial charge in [0.25, 0.3) is 5.92 Å². The Hall–Kier alpha value is -2.83. The van der Waals surface area contributed by atoms with Crippen LogP contribution in [0, 0.1) is 23.2 Å². The molecule has 0 heterocycles. The highest BCUT2D eigenvalue weighted by molar-refractivity contribution is 5.75. The molecule has 7 heteroatoms. The first-order chi connectivity index (χ1) is 17.6. The Labute approximate surface area is 217 Å². The number of ether oxygens (including phenoxy) is 2. The maximum absolute atomic E-state index is 15.5. The van der Waals surface area contributed by atoms with Gasteiger partial charge in [0.15, 0.2) is 0 Å². The molecule has 0 aliphatic heterocycles. The normalized spacial score (nSPS) is 29.5. The van der Waals surface area contributed by atoms with E-state index in [-0.39, 0.29) is 48.2 Å². The van der Waals surface area contributed by atoms with E-state index in [9.17, 15) is 9.90 Å². The molecule has 5 nitrogen and oxygen atoms in total. The number of methoxy groups -OCH3 is 2. The molecule has 0 aromatic heterocycles. The fourth-order valence-corrected chi connectivity index (χ4v) is 7.66. The highest BCUT2D eigenvalue weighted by atomic mass is 19.3. The summed E-state index contributed by atoms with van der Waals surface area (Å²) in [5.41, 5.74) is 2.20. The van der Waals surface area contributed by atoms with Gasteiger partial charge in [0.2, 0.25) is 5.91 Å². The largest absolute Gasteiger partial charge is 0.508 e. The number of carbonyl (C=O) groups excluding carboxylic acids is 1. The van der Waals surface area contributed by atoms with Gasteiger partial charge in [0, 0.05) is 30.9 Å². The average molecular weight is 514 g/mol. The summed E-state index contributed by atoms with van der Waals surface area (Å²) in [6, 6.07) is 11.0. The van der Waals surface area contributed by atoms with E-state index in [1.807, 2.05) is 24.3 Å². The van der Waals surface area contributed by atoms with Gasteiger partial charge in [-0.25, -0.2) is 8.78 Å². The predicted octanol–water partition coefficient (Wildman–Crippen LogP) is 6.22. The average Bonchev–Trinajstić information content (AvgIpc) is 3.10. The van der Waals surface area contributed by atoms with Gasteiger partial charge in [-0.1, -0.05) is 13.0 Å². The van der Waals surface area contributed by atoms with Crippen LogP contribution in [0.4, 0.5) is 8.78 Å². The van der Waals surface area contributed by atoms with Crippen LogP contribution in [0.25, 0.3) is 0 Å². The van der Waals surface area contributed by atoms with Gasteiger partial charge in [-0.15, -0.1) is 0 Å². The molecule has 5 rings (SSSR count). The smallest absolute Gasteiger partial charge is 0.253 e. The van der Waals surface area contributed by atoms with E-state index in [1.165, 1.54) is 5.56 Å². The summed E-state index contributed by atoms with van der Waals surface area (Å²) in [5, 5.41) is 12.9. The number of phenols is 1. The Bertz CT molecular complexity index is 1150. The van der Waals surface area contributed by atoms with E-state index < -0.39 is 11.3 Å². The van der Waals surface area contributed by atoms with Crippen LogP contribution >= 0.6 is 0 Å². The molecule has 2 aromatic carbocycles. The first-order valence-electron chi connectivity index (χ1n) is 13.3. The Morgan fingerprint density at radius 3 is 2.54 bits per heavy atom. The third-order valence-electron chi connectivity index (χ3n) is 9.47. The van der Waals surface area contributed by atoms with E-state index in [1.54, 1.807) is 33.3 Å². The van der Waals surface area contributed by atoms with Crippen LogP contribution < -0.4 is 14.8 Å². The first kappa shape index (κ1) is 25.8. The van der Waals surface area contributed by atoms with Crippen LogP contribution in [0.15, 0.2) is 36.4 Å². The minimum atomic E-state index is -2.73. The molecule has 0 radical (unpaired) electrons. The summed E-state index contributed by atoms with van der Waals surface area (Å²) in [7, 11) is 3.15. The fourth-order valence-electron chi connectivity index (χ4n) is 7.66. The van der Waals surface area contributed by atoms with E-state index in [2.05, 4.69) is 5.32 Å². The maximum atomic E-state index is 15.5. The molecule has 2 N–H and O–H groups in total. The number of phenolic OH excluding ortho intramolecular Hbond substituents is 1. The molecule has 2 aromatic rings. The van der Waals surface area contributed by atoms with Crippen LogP contribution in [0.1, 0.15) is 68.1 Å². The Kier molecular flexibility index (Phi) is 6.84. The number of aryl methyl sites for hydroxylation is 1. The van der Waals surface area contributed by atoms with Crippen molar-refractivity contribution in [2.45, 2.75) is 70.3 Å². The van der Waals surface area contributed by atoms with Crippen molar-refractivity contribution in [3.05, 3.63) is 53.1 Å². The number of fused-ring (bicyclic) bond motifs is 5. The zero-order valence-electron chi connectivity index (χ0n) is 21.9. The molecule has 0 saturated heterocycles. The number of alkyl halides is 2. The lowest BCUT2D eigenvalue weighted by Crippen LogP contribution is -2.47. The van der Waals surface area contributed by atoms with Gasteiger partial charge >= 0.3 is 0 Å². The highest BCUT2D eigenvalue weighted by Gasteiger charge is 2.67. The summed E-state index contributed by atoms with van der Waals surface area (Å²) in [4.78, 5) is 12.8. The molecule has 37 heavy (non-hydrogen) atoms. The quantitative estimate of drug-likeness (QED) is 0.461. The molecule has 200 valence electrons. The second-order valence-corrected chi connectivity index (χ2v) is 11.4. The standard InChI is InChI=1S/C30H37F2NO4/c1-29-11-10-25-24-8-6-21(34)14-19(24)4-7-26(25)28(29)20(16-30(29,31)32)5-9-27(35)33-17-18-12-22(36-2)15-23(13-18)37-3/h6,8,12-15,20,25-26,28,34H,4-5,7,9-11,16-17H2,1-3H3,(H,33,35)/t20-,25-,26-,28+,29+/m1/s1. The van der Waals surface area contributed by atoms with Crippen LogP contribution in [-0.2, 0) is 17.8 Å². The number of benzene rings is 2. The van der Waals surface area contributed by atoms with Gasteiger partial charge in [-0.2, -0.15) is 0 Å². The zero-order chi connectivity index (χ0) is 26.4.